The number of amides is 1. The molecular weight excluding hydrogens is 240 g/mol. The molecule has 1 heterocycles. The van der Waals surface area contributed by atoms with Gasteiger partial charge in [0, 0.05) is 16.9 Å². The summed E-state index contributed by atoms with van der Waals surface area (Å²) in [6.45, 7) is 0. The molecule has 86 valence electrons. The molecule has 0 bridgehead atoms. The molecule has 0 fully saturated rings. The first-order chi connectivity index (χ1) is 8.16. The quantitative estimate of drug-likeness (QED) is 0.859. The molecule has 17 heavy (non-hydrogen) atoms. The van der Waals surface area contributed by atoms with E-state index in [-0.39, 0.29) is 11.3 Å². The van der Waals surface area contributed by atoms with Gasteiger partial charge in [-0.25, -0.2) is 0 Å². The predicted molar refractivity (Wildman–Crippen MR) is 65.3 cm³/mol. The number of hydrogen-bond donors (Lipinski definition) is 2. The van der Waals surface area contributed by atoms with E-state index in [0.29, 0.717) is 10.7 Å². The average molecular weight is 249 g/mol. The van der Waals surface area contributed by atoms with Crippen LogP contribution in [0.3, 0.4) is 0 Å². The van der Waals surface area contributed by atoms with E-state index in [1.807, 2.05) is 0 Å². The average Bonchev–Trinajstić information content (AvgIpc) is 2.29. The Kier molecular flexibility index (Phi) is 3.25. The molecule has 0 aliphatic carbocycles. The van der Waals surface area contributed by atoms with Gasteiger partial charge in [0.1, 0.15) is 5.75 Å². The molecular formula is C12H9ClN2O2. The fraction of sp³-hybridized carbons (Fsp3) is 0. The van der Waals surface area contributed by atoms with Crippen LogP contribution in [0, 0.1) is 0 Å². The Morgan fingerprint density at radius 2 is 2.18 bits per heavy atom. The van der Waals surface area contributed by atoms with Crippen LogP contribution in [0.5, 0.6) is 5.75 Å². The Hall–Kier alpha value is -2.07. The Bertz CT molecular complexity index is 558. The van der Waals surface area contributed by atoms with Crippen molar-refractivity contribution in [1.82, 2.24) is 4.98 Å². The van der Waals surface area contributed by atoms with Crippen LogP contribution in [-0.4, -0.2) is 16.0 Å². The van der Waals surface area contributed by atoms with Gasteiger partial charge in [-0.3, -0.25) is 9.78 Å². The van der Waals surface area contributed by atoms with E-state index in [1.54, 1.807) is 24.3 Å². The molecule has 0 spiro atoms. The second-order valence-corrected chi connectivity index (χ2v) is 3.79. The molecule has 4 nitrogen and oxygen atoms in total. The van der Waals surface area contributed by atoms with Crippen molar-refractivity contribution in [3.8, 4) is 5.75 Å². The number of nitrogens with zero attached hydrogens (tertiary/aromatic N) is 1. The number of nitrogens with one attached hydrogen (secondary N) is 1. The molecule has 5 heteroatoms. The number of anilines is 1. The van der Waals surface area contributed by atoms with Crippen LogP contribution in [0.4, 0.5) is 5.69 Å². The minimum absolute atomic E-state index is 0.160. The number of hydrogen-bond acceptors (Lipinski definition) is 3. The highest BCUT2D eigenvalue weighted by Crippen LogP contribution is 2.18. The standard InChI is InChI=1S/C12H9ClN2O2/c13-8-2-1-3-9(6-8)15-12(17)10-4-5-14-7-11(10)16/h1-7,16H,(H,15,17). The molecule has 2 rings (SSSR count). The molecule has 0 atom stereocenters. The highest BCUT2D eigenvalue weighted by molar-refractivity contribution is 6.31. The van der Waals surface area contributed by atoms with Gasteiger partial charge < -0.3 is 10.4 Å². The molecule has 0 saturated heterocycles. The number of pyridine rings is 1. The van der Waals surface area contributed by atoms with Crippen LogP contribution in [-0.2, 0) is 0 Å². The number of carbonyl (C=O) groups is 1. The zero-order valence-corrected chi connectivity index (χ0v) is 9.48. The molecule has 0 radical (unpaired) electrons. The highest BCUT2D eigenvalue weighted by atomic mass is 35.5. The Morgan fingerprint density at radius 3 is 2.88 bits per heavy atom. The molecule has 2 N–H and O–H groups in total. The Morgan fingerprint density at radius 1 is 1.35 bits per heavy atom. The van der Waals surface area contributed by atoms with Crippen LogP contribution < -0.4 is 5.32 Å². The van der Waals surface area contributed by atoms with Crippen molar-refractivity contribution in [2.24, 2.45) is 0 Å². The summed E-state index contributed by atoms with van der Waals surface area (Å²) in [6.07, 6.45) is 2.65. The predicted octanol–water partition coefficient (Wildman–Crippen LogP) is 2.69. The van der Waals surface area contributed by atoms with Gasteiger partial charge in [0.15, 0.2) is 0 Å². The molecule has 1 aromatic carbocycles. The number of halogens is 1. The van der Waals surface area contributed by atoms with E-state index in [4.69, 9.17) is 11.6 Å². The van der Waals surface area contributed by atoms with Crippen molar-refractivity contribution in [3.63, 3.8) is 0 Å². The van der Waals surface area contributed by atoms with Gasteiger partial charge in [-0.1, -0.05) is 17.7 Å². The maximum absolute atomic E-state index is 11.8. The van der Waals surface area contributed by atoms with Gasteiger partial charge in [0.2, 0.25) is 0 Å². The first-order valence-corrected chi connectivity index (χ1v) is 5.24. The maximum Gasteiger partial charge on any atom is 0.259 e. The zero-order chi connectivity index (χ0) is 12.3. The molecule has 2 aromatic rings. The van der Waals surface area contributed by atoms with Crippen molar-refractivity contribution >= 4 is 23.2 Å². The van der Waals surface area contributed by atoms with E-state index in [9.17, 15) is 9.90 Å². The van der Waals surface area contributed by atoms with Gasteiger partial charge in [0.25, 0.3) is 5.91 Å². The van der Waals surface area contributed by atoms with Crippen LogP contribution in [0.15, 0.2) is 42.7 Å². The fourth-order valence-electron chi connectivity index (χ4n) is 1.34. The van der Waals surface area contributed by atoms with Crippen molar-refractivity contribution < 1.29 is 9.90 Å². The monoisotopic (exact) mass is 248 g/mol. The Labute approximate surface area is 103 Å². The fourth-order valence-corrected chi connectivity index (χ4v) is 1.53. The summed E-state index contributed by atoms with van der Waals surface area (Å²) in [5.41, 5.74) is 0.735. The first kappa shape index (κ1) is 11.4. The SMILES string of the molecule is O=C(Nc1cccc(Cl)c1)c1ccncc1O. The number of aromatic nitrogens is 1. The van der Waals surface area contributed by atoms with Crippen molar-refractivity contribution in [3.05, 3.63) is 53.3 Å². The van der Waals surface area contributed by atoms with E-state index >= 15 is 0 Å². The van der Waals surface area contributed by atoms with Gasteiger partial charge in [-0.15, -0.1) is 0 Å². The normalized spacial score (nSPS) is 9.94. The van der Waals surface area contributed by atoms with E-state index in [2.05, 4.69) is 10.3 Å². The number of carbonyl (C=O) groups excluding carboxylic acids is 1. The van der Waals surface area contributed by atoms with Gasteiger partial charge in [0.05, 0.1) is 11.8 Å². The highest BCUT2D eigenvalue weighted by Gasteiger charge is 2.10. The van der Waals surface area contributed by atoms with Crippen LogP contribution >= 0.6 is 11.6 Å². The second kappa shape index (κ2) is 4.84. The molecule has 0 unspecified atom stereocenters. The molecule has 1 aromatic heterocycles. The third-order valence-corrected chi connectivity index (χ3v) is 2.36. The third-order valence-electron chi connectivity index (χ3n) is 2.13. The first-order valence-electron chi connectivity index (χ1n) is 4.87. The summed E-state index contributed by atoms with van der Waals surface area (Å²) in [6, 6.07) is 8.21. The lowest BCUT2D eigenvalue weighted by molar-refractivity contribution is 0.102. The summed E-state index contributed by atoms with van der Waals surface area (Å²) in [4.78, 5) is 15.5. The largest absolute Gasteiger partial charge is 0.505 e. The summed E-state index contributed by atoms with van der Waals surface area (Å²) in [5.74, 6) is -0.570. The van der Waals surface area contributed by atoms with Gasteiger partial charge >= 0.3 is 0 Å². The molecule has 0 saturated carbocycles. The minimum atomic E-state index is -0.410. The summed E-state index contributed by atoms with van der Waals surface area (Å²) < 4.78 is 0. The number of rotatable bonds is 2. The van der Waals surface area contributed by atoms with Crippen LogP contribution in [0.1, 0.15) is 10.4 Å². The van der Waals surface area contributed by atoms with E-state index < -0.39 is 5.91 Å². The maximum atomic E-state index is 11.8. The minimum Gasteiger partial charge on any atom is -0.505 e. The number of aromatic hydroxyl groups is 1. The van der Waals surface area contributed by atoms with Crippen molar-refractivity contribution in [1.29, 1.82) is 0 Å². The zero-order valence-electron chi connectivity index (χ0n) is 8.72. The number of benzene rings is 1. The van der Waals surface area contributed by atoms with Gasteiger partial charge in [-0.2, -0.15) is 0 Å². The van der Waals surface area contributed by atoms with Crippen molar-refractivity contribution in [2.75, 3.05) is 5.32 Å². The lowest BCUT2D eigenvalue weighted by atomic mass is 10.2. The van der Waals surface area contributed by atoms with Crippen LogP contribution in [0.2, 0.25) is 5.02 Å². The summed E-state index contributed by atoms with van der Waals surface area (Å²) in [5, 5.41) is 12.6. The summed E-state index contributed by atoms with van der Waals surface area (Å²) >= 11 is 5.79. The summed E-state index contributed by atoms with van der Waals surface area (Å²) in [7, 11) is 0. The lowest BCUT2D eigenvalue weighted by Crippen LogP contribution is -2.12. The third kappa shape index (κ3) is 2.73. The molecule has 0 aliphatic rings. The molecule has 1 amide bonds. The topological polar surface area (TPSA) is 62.2 Å². The van der Waals surface area contributed by atoms with Gasteiger partial charge in [-0.05, 0) is 24.3 Å². The van der Waals surface area contributed by atoms with Crippen LogP contribution in [0.25, 0.3) is 0 Å². The molecule has 0 aliphatic heterocycles. The lowest BCUT2D eigenvalue weighted by Gasteiger charge is -2.06. The smallest absolute Gasteiger partial charge is 0.259 e. The van der Waals surface area contributed by atoms with E-state index in [1.165, 1.54) is 18.5 Å². The van der Waals surface area contributed by atoms with E-state index in [0.717, 1.165) is 0 Å². The second-order valence-electron chi connectivity index (χ2n) is 3.36. The Balaban J connectivity index is 2.20. The van der Waals surface area contributed by atoms with Crippen molar-refractivity contribution in [2.45, 2.75) is 0 Å².